The summed E-state index contributed by atoms with van der Waals surface area (Å²) < 4.78 is 29.5. The quantitative estimate of drug-likeness (QED) is 0.677. The van der Waals surface area contributed by atoms with Gasteiger partial charge in [0.25, 0.3) is 0 Å². The number of hydrogen-bond donors (Lipinski definition) is 1. The molecule has 0 heterocycles. The van der Waals surface area contributed by atoms with Crippen molar-refractivity contribution in [3.8, 4) is 0 Å². The second-order valence-corrected chi connectivity index (χ2v) is 7.41. The van der Waals surface area contributed by atoms with Gasteiger partial charge in [-0.1, -0.05) is 0 Å². The first kappa shape index (κ1) is 19.4. The van der Waals surface area contributed by atoms with Gasteiger partial charge in [-0.2, -0.15) is 4.31 Å². The zero-order valence-electron chi connectivity index (χ0n) is 14.1. The maximum absolute atomic E-state index is 12.1. The van der Waals surface area contributed by atoms with Gasteiger partial charge < -0.3 is 15.0 Å². The molecule has 0 aliphatic rings. The van der Waals surface area contributed by atoms with Gasteiger partial charge in [-0.05, 0) is 30.7 Å². The van der Waals surface area contributed by atoms with Crippen molar-refractivity contribution in [1.82, 2.24) is 4.31 Å². The van der Waals surface area contributed by atoms with Crippen LogP contribution in [0.1, 0.15) is 6.42 Å². The number of amides is 1. The summed E-state index contributed by atoms with van der Waals surface area (Å²) in [5, 5.41) is 2.71. The molecule has 1 aromatic carbocycles. The highest BCUT2D eigenvalue weighted by Gasteiger charge is 2.19. The van der Waals surface area contributed by atoms with Crippen molar-refractivity contribution in [2.75, 3.05) is 57.4 Å². The van der Waals surface area contributed by atoms with Gasteiger partial charge in [0.1, 0.15) is 0 Å². The van der Waals surface area contributed by atoms with E-state index in [1.54, 1.807) is 19.2 Å². The van der Waals surface area contributed by atoms with E-state index in [4.69, 9.17) is 4.74 Å². The maximum atomic E-state index is 12.1. The Labute approximate surface area is 138 Å². The Morgan fingerprint density at radius 2 is 1.83 bits per heavy atom. The predicted molar refractivity (Wildman–Crippen MR) is 92.3 cm³/mol. The lowest BCUT2D eigenvalue weighted by molar-refractivity contribution is -0.116. The van der Waals surface area contributed by atoms with Crippen molar-refractivity contribution in [2.24, 2.45) is 0 Å². The number of anilines is 2. The zero-order valence-corrected chi connectivity index (χ0v) is 14.9. The molecule has 0 spiro atoms. The average Bonchev–Trinajstić information content (AvgIpc) is 2.46. The van der Waals surface area contributed by atoms with Gasteiger partial charge in [0.15, 0.2) is 0 Å². The Bertz CT molecular complexity index is 600. The standard InChI is InChI=1S/C15H25N3O4S/c1-17(2)14-8-6-13(7-9-14)16-15(19)12-18(23(4,20)21)10-5-11-22-3/h6-9H,5,10-12H2,1-4H3,(H,16,19). The molecule has 0 unspecified atom stereocenters. The number of ether oxygens (including phenoxy) is 1. The molecule has 0 bridgehead atoms. The number of rotatable bonds is 9. The summed E-state index contributed by atoms with van der Waals surface area (Å²) in [7, 11) is 1.97. The van der Waals surface area contributed by atoms with E-state index in [0.29, 0.717) is 18.7 Å². The fourth-order valence-electron chi connectivity index (χ4n) is 1.95. The van der Waals surface area contributed by atoms with Crippen LogP contribution in [-0.4, -0.2) is 65.8 Å². The number of benzene rings is 1. The summed E-state index contributed by atoms with van der Waals surface area (Å²) in [5.41, 5.74) is 1.64. The lowest BCUT2D eigenvalue weighted by atomic mass is 10.2. The van der Waals surface area contributed by atoms with Crippen LogP contribution in [0.15, 0.2) is 24.3 Å². The van der Waals surface area contributed by atoms with Crippen LogP contribution in [0.2, 0.25) is 0 Å². The highest BCUT2D eigenvalue weighted by Crippen LogP contribution is 2.15. The average molecular weight is 343 g/mol. The van der Waals surface area contributed by atoms with Gasteiger partial charge in [0.05, 0.1) is 12.8 Å². The molecule has 1 rings (SSSR count). The molecule has 0 saturated carbocycles. The molecule has 8 heteroatoms. The summed E-state index contributed by atoms with van der Waals surface area (Å²) >= 11 is 0. The highest BCUT2D eigenvalue weighted by molar-refractivity contribution is 7.88. The molecule has 23 heavy (non-hydrogen) atoms. The summed E-state index contributed by atoms with van der Waals surface area (Å²) in [4.78, 5) is 14.0. The Balaban J connectivity index is 2.64. The van der Waals surface area contributed by atoms with Crippen molar-refractivity contribution in [3.63, 3.8) is 0 Å². The molecule has 130 valence electrons. The number of carbonyl (C=O) groups excluding carboxylic acids is 1. The van der Waals surface area contributed by atoms with E-state index in [1.807, 2.05) is 31.1 Å². The van der Waals surface area contributed by atoms with E-state index < -0.39 is 10.0 Å². The van der Waals surface area contributed by atoms with Crippen LogP contribution in [-0.2, 0) is 19.6 Å². The van der Waals surface area contributed by atoms with E-state index in [-0.39, 0.29) is 19.0 Å². The van der Waals surface area contributed by atoms with Crippen LogP contribution in [0.5, 0.6) is 0 Å². The highest BCUT2D eigenvalue weighted by atomic mass is 32.2. The Morgan fingerprint density at radius 3 is 2.30 bits per heavy atom. The van der Waals surface area contributed by atoms with E-state index in [0.717, 1.165) is 16.2 Å². The van der Waals surface area contributed by atoms with Crippen LogP contribution in [0, 0.1) is 0 Å². The molecule has 1 amide bonds. The first-order valence-electron chi connectivity index (χ1n) is 7.25. The zero-order chi connectivity index (χ0) is 17.5. The number of sulfonamides is 1. The predicted octanol–water partition coefficient (Wildman–Crippen LogP) is 0.989. The number of nitrogens with one attached hydrogen (secondary N) is 1. The minimum Gasteiger partial charge on any atom is -0.385 e. The lowest BCUT2D eigenvalue weighted by Crippen LogP contribution is -2.38. The molecular formula is C15H25N3O4S. The molecule has 0 aromatic heterocycles. The van der Waals surface area contributed by atoms with Crippen LogP contribution < -0.4 is 10.2 Å². The Morgan fingerprint density at radius 1 is 1.22 bits per heavy atom. The largest absolute Gasteiger partial charge is 0.385 e. The molecule has 0 atom stereocenters. The minimum atomic E-state index is -3.44. The normalized spacial score (nSPS) is 11.5. The number of nitrogens with zero attached hydrogens (tertiary/aromatic N) is 2. The first-order chi connectivity index (χ1) is 10.7. The molecule has 0 aliphatic heterocycles. The van der Waals surface area contributed by atoms with Crippen molar-refractivity contribution >= 4 is 27.3 Å². The lowest BCUT2D eigenvalue weighted by Gasteiger charge is -2.19. The molecule has 0 saturated heterocycles. The first-order valence-corrected chi connectivity index (χ1v) is 9.10. The van der Waals surface area contributed by atoms with E-state index in [1.165, 1.54) is 0 Å². The van der Waals surface area contributed by atoms with Crippen molar-refractivity contribution < 1.29 is 17.9 Å². The third-order valence-corrected chi connectivity index (χ3v) is 4.46. The fraction of sp³-hybridized carbons (Fsp3) is 0.533. The van der Waals surface area contributed by atoms with Crippen LogP contribution in [0.25, 0.3) is 0 Å². The molecule has 1 aromatic rings. The van der Waals surface area contributed by atoms with E-state index in [2.05, 4.69) is 5.32 Å². The third kappa shape index (κ3) is 6.98. The summed E-state index contributed by atoms with van der Waals surface area (Å²) in [6.45, 7) is 0.483. The van der Waals surface area contributed by atoms with Gasteiger partial charge in [0, 0.05) is 45.7 Å². The smallest absolute Gasteiger partial charge is 0.239 e. The van der Waals surface area contributed by atoms with Crippen LogP contribution in [0.4, 0.5) is 11.4 Å². The van der Waals surface area contributed by atoms with Gasteiger partial charge in [-0.15, -0.1) is 0 Å². The number of hydrogen-bond acceptors (Lipinski definition) is 5. The van der Waals surface area contributed by atoms with Gasteiger partial charge >= 0.3 is 0 Å². The summed E-state index contributed by atoms with van der Waals surface area (Å²) in [6, 6.07) is 7.32. The Hall–Kier alpha value is -1.64. The second-order valence-electron chi connectivity index (χ2n) is 5.43. The van der Waals surface area contributed by atoms with Crippen LogP contribution in [0.3, 0.4) is 0 Å². The molecule has 1 N–H and O–H groups in total. The van der Waals surface area contributed by atoms with Gasteiger partial charge in [-0.25, -0.2) is 8.42 Å². The monoisotopic (exact) mass is 343 g/mol. The molecule has 7 nitrogen and oxygen atoms in total. The summed E-state index contributed by atoms with van der Waals surface area (Å²) in [5.74, 6) is -0.370. The SMILES string of the molecule is COCCCN(CC(=O)Nc1ccc(N(C)C)cc1)S(C)(=O)=O. The third-order valence-electron chi connectivity index (χ3n) is 3.21. The molecular weight excluding hydrogens is 318 g/mol. The minimum absolute atomic E-state index is 0.210. The Kier molecular flexibility index (Phi) is 7.47. The van der Waals surface area contributed by atoms with Crippen molar-refractivity contribution in [2.45, 2.75) is 6.42 Å². The van der Waals surface area contributed by atoms with Crippen molar-refractivity contribution in [3.05, 3.63) is 24.3 Å². The molecule has 0 radical (unpaired) electrons. The maximum Gasteiger partial charge on any atom is 0.239 e. The number of carbonyl (C=O) groups is 1. The van der Waals surface area contributed by atoms with E-state index >= 15 is 0 Å². The molecule has 0 aliphatic carbocycles. The summed E-state index contributed by atoms with van der Waals surface area (Å²) in [6.07, 6.45) is 1.63. The fourth-order valence-corrected chi connectivity index (χ4v) is 2.76. The van der Waals surface area contributed by atoms with E-state index in [9.17, 15) is 13.2 Å². The topological polar surface area (TPSA) is 79.0 Å². The van der Waals surface area contributed by atoms with Gasteiger partial charge in [-0.3, -0.25) is 4.79 Å². The van der Waals surface area contributed by atoms with Gasteiger partial charge in [0.2, 0.25) is 15.9 Å². The van der Waals surface area contributed by atoms with Crippen molar-refractivity contribution in [1.29, 1.82) is 0 Å². The molecule has 0 fully saturated rings. The number of methoxy groups -OCH3 is 1. The second kappa shape index (κ2) is 8.85. The van der Waals surface area contributed by atoms with Crippen LogP contribution >= 0.6 is 0 Å².